The van der Waals surface area contributed by atoms with E-state index in [1.54, 1.807) is 32.7 Å². The van der Waals surface area contributed by atoms with E-state index in [0.717, 1.165) is 61.2 Å². The Hall–Kier alpha value is -2.66. The molecule has 3 aliphatic heterocycles. The van der Waals surface area contributed by atoms with Crippen LogP contribution >= 0.6 is 11.3 Å². The van der Waals surface area contributed by atoms with Gasteiger partial charge in [0, 0.05) is 61.3 Å². The number of likely N-dealkylation sites (N-methyl/N-ethyl adjacent to an activating group) is 1. The molecule has 2 saturated carbocycles. The predicted molar refractivity (Wildman–Crippen MR) is 242 cm³/mol. The second-order valence-corrected chi connectivity index (χ2v) is 21.4. The topological polar surface area (TPSA) is 124 Å². The number of benzene rings is 1. The van der Waals surface area contributed by atoms with Gasteiger partial charge < -0.3 is 42.8 Å². The Balaban J connectivity index is 1.07. The number of rotatable bonds is 11. The first kappa shape index (κ1) is 47.4. The smallest absolute Gasteiger partial charge is 0.306 e. The van der Waals surface area contributed by atoms with Crippen LogP contribution in [0.5, 0.6) is 0 Å². The van der Waals surface area contributed by atoms with Gasteiger partial charge in [-0.15, -0.1) is 11.3 Å². The molecule has 6 unspecified atom stereocenters. The highest BCUT2D eigenvalue weighted by Crippen LogP contribution is 2.65. The third kappa shape index (κ3) is 8.95. The Bertz CT molecular complexity index is 2040. The van der Waals surface area contributed by atoms with Gasteiger partial charge in [-0.25, -0.2) is 9.37 Å². The summed E-state index contributed by atoms with van der Waals surface area (Å²) < 4.78 is 65.0. The van der Waals surface area contributed by atoms with Crippen LogP contribution in [-0.4, -0.2) is 125 Å². The standard InChI is InChI=1S/C51H71FN2O10S/c1-10-31-12-11-13-39(64-41-19-18-38(54(5)6)27(3)60-41)26(2)44(56)36-24-34-33-22-32(63-49-47(59-9)46(58-8)45(57-7)28(4)61-49)23-37(33)48-43(42(34)35(36)25-40(55)62-31)53-50(65-48)51(20-21-51)29-14-16-30(52)17-15-29/h14-17,24,26-28,31-35,37-39,41-42,45-47,49H,10-13,18-23,25H2,1-9H3/t26-,27?,28?,31+,32+,33+,34+,35-,37-,38+,39+,41+,42-,45?,46?,47?,49?/m1/s1. The van der Waals surface area contributed by atoms with E-state index in [1.807, 2.05) is 26.0 Å². The van der Waals surface area contributed by atoms with E-state index in [4.69, 9.17) is 42.9 Å². The van der Waals surface area contributed by atoms with Crippen LogP contribution < -0.4 is 0 Å². The van der Waals surface area contributed by atoms with Gasteiger partial charge in [-0.2, -0.15) is 0 Å². The van der Waals surface area contributed by atoms with Gasteiger partial charge in [-0.1, -0.05) is 32.1 Å². The van der Waals surface area contributed by atoms with Crippen LogP contribution in [0.2, 0.25) is 0 Å². The number of carbonyl (C=O) groups excluding carboxylic acids is 2. The van der Waals surface area contributed by atoms with E-state index < -0.39 is 36.6 Å². The van der Waals surface area contributed by atoms with Gasteiger partial charge in [0.1, 0.15) is 35.2 Å². The van der Waals surface area contributed by atoms with Gasteiger partial charge in [0.15, 0.2) is 18.4 Å². The van der Waals surface area contributed by atoms with Crippen molar-refractivity contribution in [2.24, 2.45) is 23.7 Å². The van der Waals surface area contributed by atoms with E-state index in [2.05, 4.69) is 38.9 Å². The number of ketones is 1. The van der Waals surface area contributed by atoms with Crippen LogP contribution in [0.25, 0.3) is 0 Å². The third-order valence-corrected chi connectivity index (χ3v) is 17.9. The molecule has 12 nitrogen and oxygen atoms in total. The molecule has 9 rings (SSSR count). The Morgan fingerprint density at radius 1 is 0.877 bits per heavy atom. The monoisotopic (exact) mass is 922 g/mol. The molecule has 65 heavy (non-hydrogen) atoms. The first-order chi connectivity index (χ1) is 31.3. The summed E-state index contributed by atoms with van der Waals surface area (Å²) in [6.45, 7) is 8.15. The predicted octanol–water partition coefficient (Wildman–Crippen LogP) is 8.24. The summed E-state index contributed by atoms with van der Waals surface area (Å²) >= 11 is 1.77. The van der Waals surface area contributed by atoms with Crippen molar-refractivity contribution in [3.63, 3.8) is 0 Å². The minimum absolute atomic E-state index is 0.00531. The van der Waals surface area contributed by atoms with Crippen molar-refractivity contribution in [3.8, 4) is 0 Å². The lowest BCUT2D eigenvalue weighted by atomic mass is 9.67. The Labute approximate surface area is 388 Å². The highest BCUT2D eigenvalue weighted by Gasteiger charge is 2.59. The molecule has 0 spiro atoms. The molecule has 4 aliphatic carbocycles. The number of hydrogen-bond donors (Lipinski definition) is 0. The van der Waals surface area contributed by atoms with Crippen LogP contribution in [0.3, 0.4) is 0 Å². The molecule has 1 aromatic heterocycles. The van der Waals surface area contributed by atoms with Crippen LogP contribution in [0.1, 0.15) is 131 Å². The van der Waals surface area contributed by atoms with Gasteiger partial charge in [0.2, 0.25) is 0 Å². The summed E-state index contributed by atoms with van der Waals surface area (Å²) in [5, 5.41) is 1.02. The van der Waals surface area contributed by atoms with E-state index in [9.17, 15) is 9.18 Å². The number of hydrogen-bond acceptors (Lipinski definition) is 13. The number of cyclic esters (lactones) is 1. The highest BCUT2D eigenvalue weighted by atomic mass is 32.1. The third-order valence-electron chi connectivity index (χ3n) is 16.4. The molecule has 17 atom stereocenters. The number of nitrogens with zero attached hydrogens (tertiary/aromatic N) is 2. The second-order valence-electron chi connectivity index (χ2n) is 20.4. The number of thiazole rings is 1. The van der Waals surface area contributed by atoms with Crippen molar-refractivity contribution < 1.29 is 51.9 Å². The van der Waals surface area contributed by atoms with Gasteiger partial charge >= 0.3 is 5.97 Å². The summed E-state index contributed by atoms with van der Waals surface area (Å²) in [7, 11) is 9.13. The maximum atomic E-state index is 15.3. The number of fused-ring (bicyclic) bond motifs is 8. The van der Waals surface area contributed by atoms with Gasteiger partial charge in [0.05, 0.1) is 36.5 Å². The van der Waals surface area contributed by atoms with Crippen molar-refractivity contribution in [1.82, 2.24) is 9.88 Å². The average Bonchev–Trinajstić information content (AvgIpc) is 3.58. The van der Waals surface area contributed by atoms with Crippen molar-refractivity contribution in [1.29, 1.82) is 0 Å². The zero-order chi connectivity index (χ0) is 45.9. The summed E-state index contributed by atoms with van der Waals surface area (Å²) in [4.78, 5) is 38.5. The summed E-state index contributed by atoms with van der Waals surface area (Å²) in [6.07, 6.45) is 6.79. The normalized spacial score (nSPS) is 40.5. The molecule has 0 N–H and O–H groups in total. The van der Waals surface area contributed by atoms with Crippen molar-refractivity contribution in [2.45, 2.75) is 183 Å². The molecule has 4 heterocycles. The lowest BCUT2D eigenvalue weighted by Gasteiger charge is -2.44. The maximum Gasteiger partial charge on any atom is 0.306 e. The van der Waals surface area contributed by atoms with E-state index in [0.29, 0.717) is 30.9 Å². The molecule has 0 radical (unpaired) electrons. The average molecular weight is 923 g/mol. The minimum atomic E-state index is -0.681. The molecular formula is C51H71FN2O10S. The van der Waals surface area contributed by atoms with Crippen molar-refractivity contribution >= 4 is 23.1 Å². The fraction of sp³-hybridized carbons (Fsp3) is 0.745. The number of methoxy groups -OCH3 is 3. The highest BCUT2D eigenvalue weighted by molar-refractivity contribution is 7.12. The zero-order valence-corrected chi connectivity index (χ0v) is 40.6. The quantitative estimate of drug-likeness (QED) is 0.202. The van der Waals surface area contributed by atoms with Crippen LogP contribution in [0.15, 0.2) is 35.9 Å². The largest absolute Gasteiger partial charge is 0.462 e. The Morgan fingerprint density at radius 3 is 2.28 bits per heavy atom. The number of aromatic nitrogens is 1. The maximum absolute atomic E-state index is 15.3. The number of Topliss-reactive ketones (excluding diaryl/α,β-unsaturated/α-hetero) is 1. The Morgan fingerprint density at radius 2 is 1.62 bits per heavy atom. The van der Waals surface area contributed by atoms with Gasteiger partial charge in [-0.3, -0.25) is 9.59 Å². The first-order valence-corrected chi connectivity index (χ1v) is 25.2. The molecule has 358 valence electrons. The minimum Gasteiger partial charge on any atom is -0.462 e. The number of allylic oxidation sites excluding steroid dienone is 2. The summed E-state index contributed by atoms with van der Waals surface area (Å²) in [5.74, 6) is -1.43. The van der Waals surface area contributed by atoms with E-state index in [-0.39, 0.29) is 89.7 Å². The van der Waals surface area contributed by atoms with Crippen molar-refractivity contribution in [2.75, 3.05) is 35.4 Å². The number of esters is 1. The molecular weight excluding hydrogens is 852 g/mol. The molecule has 7 aliphatic rings. The summed E-state index contributed by atoms with van der Waals surface area (Å²) in [6, 6.07) is 7.17. The van der Waals surface area contributed by atoms with Gasteiger partial charge in [-0.05, 0) is 127 Å². The number of ether oxygens (including phenoxy) is 8. The molecule has 0 amide bonds. The van der Waals surface area contributed by atoms with E-state index >= 15 is 4.79 Å². The van der Waals surface area contributed by atoms with Gasteiger partial charge in [0.25, 0.3) is 0 Å². The molecule has 1 aromatic carbocycles. The van der Waals surface area contributed by atoms with Crippen LogP contribution in [-0.2, 0) is 52.9 Å². The van der Waals surface area contributed by atoms with Crippen LogP contribution in [0.4, 0.5) is 4.39 Å². The van der Waals surface area contributed by atoms with Crippen LogP contribution in [0, 0.1) is 29.5 Å². The fourth-order valence-corrected chi connectivity index (χ4v) is 14.4. The van der Waals surface area contributed by atoms with E-state index in [1.165, 1.54) is 17.0 Å². The molecule has 3 saturated heterocycles. The lowest BCUT2D eigenvalue weighted by molar-refractivity contribution is -0.314. The number of halogens is 1. The molecule has 2 aromatic rings. The molecule has 14 heteroatoms. The zero-order valence-electron chi connectivity index (χ0n) is 39.7. The first-order valence-electron chi connectivity index (χ1n) is 24.4. The lowest BCUT2D eigenvalue weighted by Crippen LogP contribution is -2.59. The molecule has 0 bridgehead atoms. The fourth-order valence-electron chi connectivity index (χ4n) is 12.8. The Kier molecular flexibility index (Phi) is 14.1. The summed E-state index contributed by atoms with van der Waals surface area (Å²) in [5.41, 5.74) is 2.45. The molecule has 5 fully saturated rings. The number of carbonyl (C=O) groups is 2. The van der Waals surface area contributed by atoms with Crippen molar-refractivity contribution in [3.05, 3.63) is 62.9 Å². The SMILES string of the molecule is CC[C@H]1CCC[C@H](O[C@H]2CC[C@H](N(C)C)C(C)O2)[C@@H](C)C(=O)C2=C[C@H]3[C@@H]4C[C@H](OC5OC(C)C(OC)C(OC)C5OC)C[C@H]4c4sc(C5(c6ccc(F)cc6)CC5)nc4[C@H]3[C@@H]2CC(=O)O1. The second kappa shape index (κ2) is 19.4.